The molecule has 3 aromatic heterocycles. The van der Waals surface area contributed by atoms with Crippen LogP contribution in [0.15, 0.2) is 72.1 Å². The summed E-state index contributed by atoms with van der Waals surface area (Å²) in [5.41, 5.74) is 3.66. The van der Waals surface area contributed by atoms with E-state index in [0.29, 0.717) is 18.3 Å². The van der Waals surface area contributed by atoms with Gasteiger partial charge in [-0.3, -0.25) is 9.13 Å². The molecular formula is C30H38N8O. The summed E-state index contributed by atoms with van der Waals surface area (Å²) in [5.74, 6) is 1.90. The first-order valence-corrected chi connectivity index (χ1v) is 13.9. The van der Waals surface area contributed by atoms with Crippen LogP contribution in [0.2, 0.25) is 0 Å². The zero-order chi connectivity index (χ0) is 27.4. The second-order valence-electron chi connectivity index (χ2n) is 10.6. The molecule has 0 saturated heterocycles. The molecule has 0 fully saturated rings. The molecule has 0 bridgehead atoms. The van der Waals surface area contributed by atoms with Gasteiger partial charge in [0, 0.05) is 36.7 Å². The lowest BCUT2D eigenvalue weighted by Gasteiger charge is -2.31. The van der Waals surface area contributed by atoms with Crippen LogP contribution in [0.3, 0.4) is 0 Å². The molecule has 9 heteroatoms. The predicted molar refractivity (Wildman–Crippen MR) is 154 cm³/mol. The van der Waals surface area contributed by atoms with Gasteiger partial charge in [0.1, 0.15) is 5.82 Å². The maximum absolute atomic E-state index is 14.3. The van der Waals surface area contributed by atoms with Crippen molar-refractivity contribution >= 4 is 0 Å². The highest BCUT2D eigenvalue weighted by atomic mass is 16.1. The lowest BCUT2D eigenvalue weighted by molar-refractivity contribution is 0.495. The number of nitrogens with zero attached hydrogens (tertiary/aromatic N) is 6. The molecule has 9 nitrogen and oxygen atoms in total. The van der Waals surface area contributed by atoms with Gasteiger partial charge in [-0.25, -0.2) is 9.89 Å². The Morgan fingerprint density at radius 2 is 1.90 bits per heavy atom. The van der Waals surface area contributed by atoms with Crippen molar-refractivity contribution in [3.63, 3.8) is 0 Å². The molecule has 1 aromatic carbocycles. The van der Waals surface area contributed by atoms with Crippen LogP contribution in [0.4, 0.5) is 0 Å². The Labute approximate surface area is 229 Å². The molecule has 204 valence electrons. The minimum Gasteiger partial charge on any atom is -0.368 e. The standard InChI is InChI=1S/C30H38N8O/c1-5-7-11-25-20-37(28-26(22(3)4)12-18-36(28)17-6-2)29(39)38(25)21-30(13-15-31-16-14-30)24-10-8-9-23(19-24)27-32-34-35-33-27/h8-10,12-16,18-20,22,31H,5-7,11,17,21H2,1-4H3,(H,32,33,34,35). The van der Waals surface area contributed by atoms with Gasteiger partial charge in [-0.05, 0) is 71.3 Å². The third-order valence-corrected chi connectivity index (χ3v) is 7.52. The van der Waals surface area contributed by atoms with E-state index in [0.717, 1.165) is 54.9 Å². The number of hydrogen-bond donors (Lipinski definition) is 2. The SMILES string of the molecule is CCCCc1cn(-c2c(C(C)C)ccn2CCC)c(=O)n1CC1(c2cccc(-c3nnn[nH]3)c2)C=CNC=C1. The number of hydrogen-bond acceptors (Lipinski definition) is 5. The lowest BCUT2D eigenvalue weighted by atomic mass is 9.78. The van der Waals surface area contributed by atoms with E-state index in [1.165, 1.54) is 5.56 Å². The molecule has 4 aromatic rings. The second-order valence-corrected chi connectivity index (χ2v) is 10.6. The van der Waals surface area contributed by atoms with Gasteiger partial charge < -0.3 is 9.88 Å². The first-order chi connectivity index (χ1) is 19.0. The number of nitrogens with one attached hydrogen (secondary N) is 2. The molecule has 5 rings (SSSR count). The first-order valence-electron chi connectivity index (χ1n) is 13.9. The Kier molecular flexibility index (Phi) is 7.67. The Bertz CT molecular complexity index is 1500. The maximum atomic E-state index is 14.3. The first kappa shape index (κ1) is 26.5. The zero-order valence-electron chi connectivity index (χ0n) is 23.3. The fourth-order valence-electron chi connectivity index (χ4n) is 5.43. The van der Waals surface area contributed by atoms with Gasteiger partial charge in [-0.1, -0.05) is 64.5 Å². The minimum atomic E-state index is -0.530. The Hall–Kier alpha value is -4.14. The smallest absolute Gasteiger partial charge is 0.334 e. The van der Waals surface area contributed by atoms with Gasteiger partial charge in [0.05, 0.1) is 5.41 Å². The number of aromatic amines is 1. The van der Waals surface area contributed by atoms with E-state index in [1.807, 2.05) is 33.7 Å². The zero-order valence-corrected chi connectivity index (χ0v) is 23.3. The molecule has 4 heterocycles. The molecule has 0 atom stereocenters. The number of aryl methyl sites for hydroxylation is 2. The van der Waals surface area contributed by atoms with Crippen LogP contribution in [0, 0.1) is 0 Å². The van der Waals surface area contributed by atoms with E-state index in [-0.39, 0.29) is 5.69 Å². The summed E-state index contributed by atoms with van der Waals surface area (Å²) < 4.78 is 6.08. The Balaban J connectivity index is 1.64. The average Bonchev–Trinajstić information content (AvgIpc) is 3.69. The van der Waals surface area contributed by atoms with Crippen molar-refractivity contribution < 1.29 is 0 Å². The topological polar surface area (TPSA) is 98.3 Å². The van der Waals surface area contributed by atoms with Crippen LogP contribution in [0.5, 0.6) is 0 Å². The number of aromatic nitrogens is 7. The number of imidazole rings is 1. The van der Waals surface area contributed by atoms with E-state index in [2.05, 4.69) is 101 Å². The van der Waals surface area contributed by atoms with Gasteiger partial charge in [-0.15, -0.1) is 5.10 Å². The van der Waals surface area contributed by atoms with Gasteiger partial charge in [0.15, 0.2) is 5.82 Å². The number of allylic oxidation sites excluding steroid dienone is 2. The molecule has 0 unspecified atom stereocenters. The number of dihydropyridines is 1. The molecule has 1 aliphatic heterocycles. The molecule has 2 N–H and O–H groups in total. The highest BCUT2D eigenvalue weighted by molar-refractivity contribution is 5.57. The van der Waals surface area contributed by atoms with Crippen molar-refractivity contribution in [1.29, 1.82) is 0 Å². The minimum absolute atomic E-state index is 0.00523. The van der Waals surface area contributed by atoms with Crippen LogP contribution in [0.1, 0.15) is 69.7 Å². The maximum Gasteiger partial charge on any atom is 0.334 e. The third-order valence-electron chi connectivity index (χ3n) is 7.52. The van der Waals surface area contributed by atoms with Crippen molar-refractivity contribution in [2.24, 2.45) is 0 Å². The van der Waals surface area contributed by atoms with E-state index in [1.54, 1.807) is 0 Å². The van der Waals surface area contributed by atoms with Crippen molar-refractivity contribution in [3.8, 4) is 17.2 Å². The quantitative estimate of drug-likeness (QED) is 0.285. The van der Waals surface area contributed by atoms with Crippen molar-refractivity contribution in [2.45, 2.75) is 77.8 Å². The largest absolute Gasteiger partial charge is 0.368 e. The van der Waals surface area contributed by atoms with Crippen LogP contribution in [-0.4, -0.2) is 34.3 Å². The number of H-pyrrole nitrogens is 1. The number of benzene rings is 1. The number of unbranched alkanes of at least 4 members (excludes halogenated alkanes) is 1. The molecule has 0 radical (unpaired) electrons. The summed E-state index contributed by atoms with van der Waals surface area (Å²) in [6.45, 7) is 10.1. The second kappa shape index (κ2) is 11.3. The van der Waals surface area contributed by atoms with E-state index in [4.69, 9.17) is 0 Å². The summed E-state index contributed by atoms with van der Waals surface area (Å²) in [7, 11) is 0. The fraction of sp³-hybridized carbons (Fsp3) is 0.400. The van der Waals surface area contributed by atoms with Gasteiger partial charge in [0.25, 0.3) is 0 Å². The normalized spacial score (nSPS) is 14.3. The highest BCUT2D eigenvalue weighted by Crippen LogP contribution is 2.34. The summed E-state index contributed by atoms with van der Waals surface area (Å²) in [6, 6.07) is 10.4. The predicted octanol–water partition coefficient (Wildman–Crippen LogP) is 5.07. The molecule has 0 spiro atoms. The number of rotatable bonds is 11. The van der Waals surface area contributed by atoms with E-state index in [9.17, 15) is 4.79 Å². The summed E-state index contributed by atoms with van der Waals surface area (Å²) in [5, 5.41) is 17.6. The molecule has 0 saturated carbocycles. The van der Waals surface area contributed by atoms with Crippen molar-refractivity contribution in [1.82, 2.24) is 39.6 Å². The average molecular weight is 527 g/mol. The fourth-order valence-corrected chi connectivity index (χ4v) is 5.43. The van der Waals surface area contributed by atoms with Gasteiger partial charge >= 0.3 is 5.69 Å². The van der Waals surface area contributed by atoms with Gasteiger partial charge in [0.2, 0.25) is 0 Å². The molecular weight excluding hydrogens is 488 g/mol. The lowest BCUT2D eigenvalue weighted by Crippen LogP contribution is -2.36. The van der Waals surface area contributed by atoms with Gasteiger partial charge in [-0.2, -0.15) is 0 Å². The summed E-state index contributed by atoms with van der Waals surface area (Å²) in [4.78, 5) is 14.3. The van der Waals surface area contributed by atoms with Crippen LogP contribution < -0.4 is 11.0 Å². The van der Waals surface area contributed by atoms with Crippen molar-refractivity contribution in [3.05, 3.63) is 94.6 Å². The summed E-state index contributed by atoms with van der Waals surface area (Å²) in [6.07, 6.45) is 16.3. The molecule has 0 amide bonds. The van der Waals surface area contributed by atoms with E-state index >= 15 is 0 Å². The molecule has 0 aliphatic carbocycles. The van der Waals surface area contributed by atoms with Crippen molar-refractivity contribution in [2.75, 3.05) is 0 Å². The molecule has 39 heavy (non-hydrogen) atoms. The molecule has 1 aliphatic rings. The van der Waals surface area contributed by atoms with Crippen LogP contribution >= 0.6 is 0 Å². The van der Waals surface area contributed by atoms with Crippen LogP contribution in [0.25, 0.3) is 17.2 Å². The summed E-state index contributed by atoms with van der Waals surface area (Å²) >= 11 is 0. The number of tetrazole rings is 1. The van der Waals surface area contributed by atoms with E-state index < -0.39 is 5.41 Å². The Morgan fingerprint density at radius 3 is 2.59 bits per heavy atom. The Morgan fingerprint density at radius 1 is 1.08 bits per heavy atom. The van der Waals surface area contributed by atoms with Crippen LogP contribution in [-0.2, 0) is 24.9 Å². The monoisotopic (exact) mass is 526 g/mol. The highest BCUT2D eigenvalue weighted by Gasteiger charge is 2.32. The third kappa shape index (κ3) is 5.13.